The van der Waals surface area contributed by atoms with E-state index in [-0.39, 0.29) is 18.9 Å². The number of hydrogen-bond acceptors (Lipinski definition) is 6. The minimum absolute atomic E-state index is 0.0692. The van der Waals surface area contributed by atoms with E-state index in [1.54, 1.807) is 0 Å². The minimum atomic E-state index is -1.13. The highest BCUT2D eigenvalue weighted by Gasteiger charge is 2.27. The molecule has 0 saturated carbocycles. The number of nitrogens with two attached hydrogens (primary N) is 1. The Morgan fingerprint density at radius 2 is 1.80 bits per heavy atom. The van der Waals surface area contributed by atoms with Crippen LogP contribution in [-0.2, 0) is 25.6 Å². The first kappa shape index (κ1) is 28.2. The summed E-state index contributed by atoms with van der Waals surface area (Å²) in [6.07, 6.45) is 4.55. The van der Waals surface area contributed by atoms with Crippen LogP contribution in [0.2, 0.25) is 0 Å². The second-order valence-electron chi connectivity index (χ2n) is 8.82. The van der Waals surface area contributed by atoms with E-state index in [1.807, 2.05) is 50.6 Å². The number of carboxylic acid groups (broad SMARTS) is 1. The maximum Gasteiger partial charge on any atom is 0.326 e. The number of para-hydroxylation sites is 1. The fraction of sp³-hybridized carbons (Fsp3) is 0.500. The summed E-state index contributed by atoms with van der Waals surface area (Å²) in [4.78, 5) is 52.2. The molecule has 1 heterocycles. The van der Waals surface area contributed by atoms with Crippen molar-refractivity contribution in [2.75, 3.05) is 18.6 Å². The maximum atomic E-state index is 12.7. The number of aliphatic carboxylic acids is 1. The third kappa shape index (κ3) is 8.91. The molecule has 35 heavy (non-hydrogen) atoms. The highest BCUT2D eigenvalue weighted by atomic mass is 32.2. The quantitative estimate of drug-likeness (QED) is 0.223. The van der Waals surface area contributed by atoms with Gasteiger partial charge in [-0.1, -0.05) is 32.0 Å². The molecule has 0 aliphatic rings. The number of hydrogen-bond donors (Lipinski definition) is 6. The molecule has 0 saturated heterocycles. The second-order valence-corrected chi connectivity index (χ2v) is 9.80. The Bertz CT molecular complexity index is 1020. The van der Waals surface area contributed by atoms with Crippen LogP contribution in [0.3, 0.4) is 0 Å². The van der Waals surface area contributed by atoms with Crippen molar-refractivity contribution in [3.8, 4) is 0 Å². The number of amides is 3. The lowest BCUT2D eigenvalue weighted by molar-refractivity contribution is -0.142. The number of aromatic nitrogens is 1. The molecular weight excluding hydrogens is 470 g/mol. The zero-order valence-electron chi connectivity index (χ0n) is 20.3. The Kier molecular flexibility index (Phi) is 11.1. The zero-order chi connectivity index (χ0) is 26.0. The van der Waals surface area contributed by atoms with E-state index >= 15 is 0 Å². The van der Waals surface area contributed by atoms with Gasteiger partial charge in [0.2, 0.25) is 17.7 Å². The third-order valence-electron chi connectivity index (χ3n) is 5.46. The molecule has 3 atom stereocenters. The standard InChI is InChI=1S/C24H35N5O5S/c1-14(2)10-20(23(32)29-19(24(33)34)8-9-35-3)28-21(30)13-27-22(31)17(25)11-15-12-26-18-7-5-4-6-16(15)18/h4-7,12,14,17,19-20,26H,8-11,13,25H2,1-3H3,(H,27,31)(H,28,30)(H,29,32)(H,33,34). The molecule has 3 amide bonds. The van der Waals surface area contributed by atoms with E-state index in [0.29, 0.717) is 18.6 Å². The first-order valence-corrected chi connectivity index (χ1v) is 12.9. The topological polar surface area (TPSA) is 166 Å². The molecule has 192 valence electrons. The number of carbonyl (C=O) groups excluding carboxylic acids is 3. The molecule has 0 radical (unpaired) electrons. The average molecular weight is 506 g/mol. The Morgan fingerprint density at radius 1 is 1.09 bits per heavy atom. The number of aromatic amines is 1. The number of rotatable bonds is 14. The summed E-state index contributed by atoms with van der Waals surface area (Å²) < 4.78 is 0. The van der Waals surface area contributed by atoms with Gasteiger partial charge in [0.15, 0.2) is 0 Å². The number of carbonyl (C=O) groups is 4. The number of H-pyrrole nitrogens is 1. The van der Waals surface area contributed by atoms with Gasteiger partial charge in [0.25, 0.3) is 0 Å². The summed E-state index contributed by atoms with van der Waals surface area (Å²) in [5.41, 5.74) is 7.89. The van der Waals surface area contributed by atoms with Crippen molar-refractivity contribution in [3.05, 3.63) is 36.0 Å². The van der Waals surface area contributed by atoms with Crippen LogP contribution in [0.4, 0.5) is 0 Å². The van der Waals surface area contributed by atoms with E-state index in [0.717, 1.165) is 16.5 Å². The fourth-order valence-electron chi connectivity index (χ4n) is 3.64. The molecule has 7 N–H and O–H groups in total. The third-order valence-corrected chi connectivity index (χ3v) is 6.10. The predicted octanol–water partition coefficient (Wildman–Crippen LogP) is 1.01. The molecule has 1 aromatic heterocycles. The van der Waals surface area contributed by atoms with Crippen LogP contribution >= 0.6 is 11.8 Å². The Hall–Kier alpha value is -3.05. The van der Waals surface area contributed by atoms with Crippen molar-refractivity contribution in [2.24, 2.45) is 11.7 Å². The first-order valence-electron chi connectivity index (χ1n) is 11.5. The average Bonchev–Trinajstić information content (AvgIpc) is 3.21. The molecule has 0 fully saturated rings. The van der Waals surface area contributed by atoms with Crippen molar-refractivity contribution in [1.29, 1.82) is 0 Å². The van der Waals surface area contributed by atoms with Gasteiger partial charge in [-0.3, -0.25) is 14.4 Å². The van der Waals surface area contributed by atoms with Gasteiger partial charge in [-0.15, -0.1) is 0 Å². The van der Waals surface area contributed by atoms with Gasteiger partial charge in [0.05, 0.1) is 12.6 Å². The summed E-state index contributed by atoms with van der Waals surface area (Å²) in [5, 5.41) is 18.0. The van der Waals surface area contributed by atoms with E-state index in [9.17, 15) is 24.3 Å². The molecule has 1 aromatic carbocycles. The van der Waals surface area contributed by atoms with Crippen LogP contribution in [0, 0.1) is 5.92 Å². The highest BCUT2D eigenvalue weighted by Crippen LogP contribution is 2.18. The van der Waals surface area contributed by atoms with Gasteiger partial charge >= 0.3 is 5.97 Å². The molecule has 0 spiro atoms. The summed E-state index contributed by atoms with van der Waals surface area (Å²) in [7, 11) is 0. The number of fused-ring (bicyclic) bond motifs is 1. The van der Waals surface area contributed by atoms with Gasteiger partial charge in [-0.05, 0) is 48.8 Å². The van der Waals surface area contributed by atoms with Crippen LogP contribution in [0.15, 0.2) is 30.5 Å². The summed E-state index contributed by atoms with van der Waals surface area (Å²) in [6, 6.07) is 4.87. The number of thioether (sulfide) groups is 1. The summed E-state index contributed by atoms with van der Waals surface area (Å²) >= 11 is 1.48. The van der Waals surface area contributed by atoms with Gasteiger partial charge in [-0.25, -0.2) is 4.79 Å². The van der Waals surface area contributed by atoms with Gasteiger partial charge in [0, 0.05) is 17.1 Å². The van der Waals surface area contributed by atoms with Gasteiger partial charge in [0.1, 0.15) is 12.1 Å². The molecule has 3 unspecified atom stereocenters. The number of nitrogens with one attached hydrogen (secondary N) is 4. The Morgan fingerprint density at radius 3 is 2.46 bits per heavy atom. The lowest BCUT2D eigenvalue weighted by atomic mass is 10.0. The van der Waals surface area contributed by atoms with Crippen molar-refractivity contribution < 1.29 is 24.3 Å². The Labute approximate surface area is 209 Å². The van der Waals surface area contributed by atoms with Crippen molar-refractivity contribution in [3.63, 3.8) is 0 Å². The molecular formula is C24H35N5O5S. The summed E-state index contributed by atoms with van der Waals surface area (Å²) in [5.74, 6) is -2.10. The van der Waals surface area contributed by atoms with Crippen molar-refractivity contribution in [2.45, 2.75) is 51.2 Å². The fourth-order valence-corrected chi connectivity index (χ4v) is 4.11. The van der Waals surface area contributed by atoms with Crippen LogP contribution in [0.1, 0.15) is 32.3 Å². The van der Waals surface area contributed by atoms with E-state index < -0.39 is 41.8 Å². The molecule has 11 heteroatoms. The molecule has 0 aliphatic carbocycles. The van der Waals surface area contributed by atoms with Crippen LogP contribution in [0.5, 0.6) is 0 Å². The number of benzene rings is 1. The van der Waals surface area contributed by atoms with Crippen molar-refractivity contribution >= 4 is 46.4 Å². The smallest absolute Gasteiger partial charge is 0.326 e. The monoisotopic (exact) mass is 505 g/mol. The van der Waals surface area contributed by atoms with Crippen LogP contribution in [0.25, 0.3) is 10.9 Å². The molecule has 0 aliphatic heterocycles. The zero-order valence-corrected chi connectivity index (χ0v) is 21.1. The summed E-state index contributed by atoms with van der Waals surface area (Å²) in [6.45, 7) is 3.43. The largest absolute Gasteiger partial charge is 0.480 e. The molecule has 2 rings (SSSR count). The number of carboxylic acids is 1. The second kappa shape index (κ2) is 13.7. The van der Waals surface area contributed by atoms with Crippen LogP contribution in [-0.4, -0.2) is 70.5 Å². The van der Waals surface area contributed by atoms with Crippen LogP contribution < -0.4 is 21.7 Å². The predicted molar refractivity (Wildman–Crippen MR) is 137 cm³/mol. The highest BCUT2D eigenvalue weighted by molar-refractivity contribution is 7.98. The lowest BCUT2D eigenvalue weighted by Crippen LogP contribution is -2.54. The van der Waals surface area contributed by atoms with Crippen molar-refractivity contribution in [1.82, 2.24) is 20.9 Å². The Balaban J connectivity index is 1.90. The SMILES string of the molecule is CSCCC(NC(=O)C(CC(C)C)NC(=O)CNC(=O)C(N)Cc1c[nH]c2ccccc12)C(=O)O. The molecule has 0 bridgehead atoms. The van der Waals surface area contributed by atoms with Gasteiger partial charge in [-0.2, -0.15) is 11.8 Å². The first-order chi connectivity index (χ1) is 16.6. The van der Waals surface area contributed by atoms with E-state index in [2.05, 4.69) is 20.9 Å². The maximum absolute atomic E-state index is 12.7. The molecule has 10 nitrogen and oxygen atoms in total. The molecule has 2 aromatic rings. The van der Waals surface area contributed by atoms with E-state index in [4.69, 9.17) is 5.73 Å². The van der Waals surface area contributed by atoms with E-state index in [1.165, 1.54) is 11.8 Å². The van der Waals surface area contributed by atoms with Gasteiger partial charge < -0.3 is 31.8 Å². The lowest BCUT2D eigenvalue weighted by Gasteiger charge is -2.23. The normalized spacial score (nSPS) is 13.7. The minimum Gasteiger partial charge on any atom is -0.480 e.